The Balaban J connectivity index is 0.00000180. The van der Waals surface area contributed by atoms with E-state index in [1.807, 2.05) is 12.1 Å². The summed E-state index contributed by atoms with van der Waals surface area (Å²) in [6.45, 7) is 3.12. The number of pyridine rings is 1. The number of carbonyl (C=O) groups is 1. The molecule has 0 aromatic carbocycles. The van der Waals surface area contributed by atoms with Gasteiger partial charge in [0.05, 0.1) is 6.04 Å². The summed E-state index contributed by atoms with van der Waals surface area (Å²) in [5, 5.41) is 6.45. The number of carbonyl (C=O) groups excluding carboxylic acids is 1. The summed E-state index contributed by atoms with van der Waals surface area (Å²) < 4.78 is 0. The average Bonchev–Trinajstić information content (AvgIpc) is 2.90. The summed E-state index contributed by atoms with van der Waals surface area (Å²) in [4.78, 5) is 16.0. The maximum absolute atomic E-state index is 12.0. The van der Waals surface area contributed by atoms with E-state index in [0.717, 1.165) is 24.9 Å². The zero-order valence-corrected chi connectivity index (χ0v) is 13.3. The molecule has 2 rings (SSSR count). The van der Waals surface area contributed by atoms with E-state index < -0.39 is 0 Å². The Morgan fingerprint density at radius 2 is 2.15 bits per heavy atom. The monoisotopic (exact) mass is 319 g/mol. The molecular weight excluding hydrogens is 297 g/mol. The van der Waals surface area contributed by atoms with Crippen LogP contribution in [0, 0.1) is 0 Å². The van der Waals surface area contributed by atoms with Crippen molar-refractivity contribution in [2.75, 3.05) is 6.54 Å². The molecule has 2 atom stereocenters. The first-order valence-corrected chi connectivity index (χ1v) is 6.72. The molecule has 114 valence electrons. The Morgan fingerprint density at radius 3 is 2.70 bits per heavy atom. The van der Waals surface area contributed by atoms with Gasteiger partial charge in [-0.05, 0) is 43.5 Å². The lowest BCUT2D eigenvalue weighted by Gasteiger charge is -2.18. The predicted molar refractivity (Wildman–Crippen MR) is 85.5 cm³/mol. The third kappa shape index (κ3) is 5.65. The summed E-state index contributed by atoms with van der Waals surface area (Å²) >= 11 is 0. The number of nitrogens with one attached hydrogen (secondary N) is 2. The Bertz CT molecular complexity index is 383. The van der Waals surface area contributed by atoms with Gasteiger partial charge in [0.25, 0.3) is 0 Å². The van der Waals surface area contributed by atoms with Gasteiger partial charge in [-0.3, -0.25) is 9.78 Å². The van der Waals surface area contributed by atoms with Crippen LogP contribution in [0.2, 0.25) is 0 Å². The molecule has 1 aliphatic rings. The van der Waals surface area contributed by atoms with Gasteiger partial charge in [-0.1, -0.05) is 6.92 Å². The van der Waals surface area contributed by atoms with Crippen LogP contribution in [0.3, 0.4) is 0 Å². The number of aromatic nitrogens is 1. The quantitative estimate of drug-likeness (QED) is 0.877. The van der Waals surface area contributed by atoms with Crippen molar-refractivity contribution >= 4 is 30.7 Å². The predicted octanol–water partition coefficient (Wildman–Crippen LogP) is 2.63. The van der Waals surface area contributed by atoms with Crippen LogP contribution in [0.15, 0.2) is 24.5 Å². The Kier molecular flexibility index (Phi) is 9.55. The molecule has 1 fully saturated rings. The van der Waals surface area contributed by atoms with Gasteiger partial charge in [0.2, 0.25) is 5.91 Å². The largest absolute Gasteiger partial charge is 0.349 e. The van der Waals surface area contributed by atoms with E-state index in [0.29, 0.717) is 12.5 Å². The standard InChI is InChI=1S/C14H21N3O.2ClH/c1-2-13(11-5-8-15-9-6-11)17-14(18)10-12-4-3-7-16-12;;/h5-6,8-9,12-13,16H,2-4,7,10H2,1H3,(H,17,18);2*1H. The molecule has 1 aromatic heterocycles. The molecule has 0 radical (unpaired) electrons. The molecule has 2 heterocycles. The molecule has 2 N–H and O–H groups in total. The van der Waals surface area contributed by atoms with Crippen molar-refractivity contribution in [3.05, 3.63) is 30.1 Å². The van der Waals surface area contributed by atoms with Gasteiger partial charge >= 0.3 is 0 Å². The van der Waals surface area contributed by atoms with E-state index in [2.05, 4.69) is 22.5 Å². The van der Waals surface area contributed by atoms with E-state index in [4.69, 9.17) is 0 Å². The van der Waals surface area contributed by atoms with Crippen LogP contribution in [0.25, 0.3) is 0 Å². The van der Waals surface area contributed by atoms with E-state index in [-0.39, 0.29) is 36.8 Å². The minimum absolute atomic E-state index is 0. The van der Waals surface area contributed by atoms with E-state index >= 15 is 0 Å². The molecular formula is C14H23Cl2N3O. The highest BCUT2D eigenvalue weighted by Crippen LogP contribution is 2.16. The molecule has 20 heavy (non-hydrogen) atoms. The summed E-state index contributed by atoms with van der Waals surface area (Å²) in [5.74, 6) is 0.137. The Hall–Kier alpha value is -0.840. The molecule has 6 heteroatoms. The van der Waals surface area contributed by atoms with Gasteiger partial charge in [-0.15, -0.1) is 24.8 Å². The van der Waals surface area contributed by atoms with Crippen molar-refractivity contribution in [3.63, 3.8) is 0 Å². The lowest BCUT2D eigenvalue weighted by Crippen LogP contribution is -2.34. The van der Waals surface area contributed by atoms with Crippen molar-refractivity contribution in [1.29, 1.82) is 0 Å². The second kappa shape index (κ2) is 9.97. The van der Waals surface area contributed by atoms with Gasteiger partial charge in [0.15, 0.2) is 0 Å². The van der Waals surface area contributed by atoms with Crippen molar-refractivity contribution in [1.82, 2.24) is 15.6 Å². The lowest BCUT2D eigenvalue weighted by atomic mass is 10.1. The van der Waals surface area contributed by atoms with Crippen LogP contribution in [-0.4, -0.2) is 23.5 Å². The van der Waals surface area contributed by atoms with Crippen LogP contribution in [0.1, 0.15) is 44.2 Å². The molecule has 1 amide bonds. The zero-order chi connectivity index (χ0) is 12.8. The van der Waals surface area contributed by atoms with Crippen LogP contribution >= 0.6 is 24.8 Å². The van der Waals surface area contributed by atoms with Crippen molar-refractivity contribution in [2.24, 2.45) is 0 Å². The summed E-state index contributed by atoms with van der Waals surface area (Å²) in [6, 6.07) is 4.38. The number of nitrogens with zero attached hydrogens (tertiary/aromatic N) is 1. The number of hydrogen-bond donors (Lipinski definition) is 2. The van der Waals surface area contributed by atoms with Crippen molar-refractivity contribution < 1.29 is 4.79 Å². The summed E-state index contributed by atoms with van der Waals surface area (Å²) in [5.41, 5.74) is 1.13. The normalized spacial score (nSPS) is 18.6. The molecule has 2 unspecified atom stereocenters. The fourth-order valence-electron chi connectivity index (χ4n) is 2.42. The van der Waals surface area contributed by atoms with E-state index in [1.165, 1.54) is 6.42 Å². The second-order valence-electron chi connectivity index (χ2n) is 4.81. The summed E-state index contributed by atoms with van der Waals surface area (Å²) in [7, 11) is 0. The fourth-order valence-corrected chi connectivity index (χ4v) is 2.42. The third-order valence-corrected chi connectivity index (χ3v) is 3.45. The third-order valence-electron chi connectivity index (χ3n) is 3.45. The zero-order valence-electron chi connectivity index (χ0n) is 11.7. The number of hydrogen-bond acceptors (Lipinski definition) is 3. The smallest absolute Gasteiger partial charge is 0.222 e. The Labute approximate surface area is 132 Å². The molecule has 0 bridgehead atoms. The molecule has 1 aliphatic heterocycles. The van der Waals surface area contributed by atoms with Gasteiger partial charge in [0.1, 0.15) is 0 Å². The lowest BCUT2D eigenvalue weighted by molar-refractivity contribution is -0.122. The van der Waals surface area contributed by atoms with Crippen LogP contribution in [-0.2, 0) is 4.79 Å². The first-order valence-electron chi connectivity index (χ1n) is 6.72. The Morgan fingerprint density at radius 1 is 1.45 bits per heavy atom. The molecule has 1 saturated heterocycles. The van der Waals surface area contributed by atoms with Gasteiger partial charge in [-0.2, -0.15) is 0 Å². The van der Waals surface area contributed by atoms with Gasteiger partial charge in [0, 0.05) is 24.9 Å². The molecule has 1 aromatic rings. The number of halogens is 2. The van der Waals surface area contributed by atoms with Crippen LogP contribution in [0.5, 0.6) is 0 Å². The second-order valence-corrected chi connectivity index (χ2v) is 4.81. The number of amides is 1. The van der Waals surface area contributed by atoms with Crippen LogP contribution in [0.4, 0.5) is 0 Å². The minimum Gasteiger partial charge on any atom is -0.349 e. The maximum atomic E-state index is 12.0. The molecule has 4 nitrogen and oxygen atoms in total. The molecule has 0 spiro atoms. The molecule has 0 saturated carbocycles. The highest BCUT2D eigenvalue weighted by molar-refractivity contribution is 5.85. The fraction of sp³-hybridized carbons (Fsp3) is 0.571. The first kappa shape index (κ1) is 19.2. The highest BCUT2D eigenvalue weighted by Gasteiger charge is 2.19. The van der Waals surface area contributed by atoms with Crippen molar-refractivity contribution in [3.8, 4) is 0 Å². The van der Waals surface area contributed by atoms with E-state index in [1.54, 1.807) is 12.4 Å². The average molecular weight is 320 g/mol. The summed E-state index contributed by atoms with van der Waals surface area (Å²) in [6.07, 6.45) is 7.31. The highest BCUT2D eigenvalue weighted by atomic mass is 35.5. The van der Waals surface area contributed by atoms with E-state index in [9.17, 15) is 4.79 Å². The first-order chi connectivity index (χ1) is 8.79. The van der Waals surface area contributed by atoms with Crippen molar-refractivity contribution in [2.45, 2.75) is 44.7 Å². The maximum Gasteiger partial charge on any atom is 0.222 e. The minimum atomic E-state index is 0. The SMILES string of the molecule is CCC(NC(=O)CC1CCCN1)c1ccncc1.Cl.Cl. The number of rotatable bonds is 5. The van der Waals surface area contributed by atoms with Gasteiger partial charge in [-0.25, -0.2) is 0 Å². The topological polar surface area (TPSA) is 54.0 Å². The van der Waals surface area contributed by atoms with Gasteiger partial charge < -0.3 is 10.6 Å². The molecule has 0 aliphatic carbocycles. The van der Waals surface area contributed by atoms with Crippen LogP contribution < -0.4 is 10.6 Å².